The summed E-state index contributed by atoms with van der Waals surface area (Å²) in [5, 5.41) is 11.9. The van der Waals surface area contributed by atoms with Gasteiger partial charge in [-0.1, -0.05) is 0 Å². The summed E-state index contributed by atoms with van der Waals surface area (Å²) >= 11 is 0. The Morgan fingerprint density at radius 1 is 1.30 bits per heavy atom. The number of halogens is 1. The minimum absolute atomic E-state index is 0.112. The lowest BCUT2D eigenvalue weighted by atomic mass is 10.1. The molecule has 1 aliphatic heterocycles. The highest BCUT2D eigenvalue weighted by atomic mass is 19.1. The van der Waals surface area contributed by atoms with Crippen molar-refractivity contribution in [2.45, 2.75) is 18.9 Å². The molecule has 0 spiro atoms. The number of hydrogen-bond donors (Lipinski definition) is 2. The number of nitrogens with zero attached hydrogens (tertiary/aromatic N) is 4. The molecule has 0 bridgehead atoms. The lowest BCUT2D eigenvalue weighted by Gasteiger charge is -2.29. The van der Waals surface area contributed by atoms with Gasteiger partial charge in [0, 0.05) is 51.8 Å². The zero-order valence-electron chi connectivity index (χ0n) is 15.2. The van der Waals surface area contributed by atoms with Crippen molar-refractivity contribution in [1.29, 1.82) is 0 Å². The van der Waals surface area contributed by atoms with Crippen molar-refractivity contribution in [1.82, 2.24) is 14.9 Å². The lowest BCUT2D eigenvalue weighted by molar-refractivity contribution is 0.0870. The summed E-state index contributed by atoms with van der Waals surface area (Å²) in [7, 11) is 3.69. The van der Waals surface area contributed by atoms with E-state index in [9.17, 15) is 9.18 Å². The van der Waals surface area contributed by atoms with Crippen molar-refractivity contribution in [2.75, 3.05) is 37.4 Å². The number of rotatable bonds is 5. The maximum atomic E-state index is 14.3. The molecular formula is C18H22FN5O3. The van der Waals surface area contributed by atoms with E-state index in [0.717, 1.165) is 5.69 Å². The SMILES string of the molecule is CN(C)c1ccc(Nc2cc(OC3CCN(C(=O)O)CC3)ncn2)c(F)c1. The number of anilines is 3. The Labute approximate surface area is 156 Å². The standard InChI is InChI=1S/C18H22FN5O3/c1-23(2)12-3-4-15(14(19)9-12)22-16-10-17(21-11-20-16)27-13-5-7-24(8-6-13)18(25)26/h3-4,9-11,13H,5-8H2,1-2H3,(H,25,26)(H,20,21,22). The molecule has 2 N–H and O–H groups in total. The smallest absolute Gasteiger partial charge is 0.407 e. The number of benzene rings is 1. The van der Waals surface area contributed by atoms with Crippen LogP contribution in [0.2, 0.25) is 0 Å². The van der Waals surface area contributed by atoms with Crippen LogP contribution in [0.15, 0.2) is 30.6 Å². The van der Waals surface area contributed by atoms with Crippen LogP contribution < -0.4 is 15.0 Å². The van der Waals surface area contributed by atoms with Gasteiger partial charge < -0.3 is 25.0 Å². The highest BCUT2D eigenvalue weighted by molar-refractivity contribution is 5.65. The van der Waals surface area contributed by atoms with Crippen LogP contribution in [-0.2, 0) is 0 Å². The van der Waals surface area contributed by atoms with E-state index in [1.807, 2.05) is 19.0 Å². The third kappa shape index (κ3) is 4.75. The van der Waals surface area contributed by atoms with Crippen LogP contribution in [-0.4, -0.2) is 59.4 Å². The maximum Gasteiger partial charge on any atom is 0.407 e. The number of likely N-dealkylation sites (tertiary alicyclic amines) is 1. The fourth-order valence-electron chi connectivity index (χ4n) is 2.83. The minimum Gasteiger partial charge on any atom is -0.474 e. The predicted octanol–water partition coefficient (Wildman–Crippen LogP) is 2.95. The van der Waals surface area contributed by atoms with Gasteiger partial charge in [-0.05, 0) is 18.2 Å². The summed E-state index contributed by atoms with van der Waals surface area (Å²) in [6.07, 6.45) is 1.51. The average molecular weight is 375 g/mol. The molecule has 1 aliphatic rings. The molecule has 8 nitrogen and oxygen atoms in total. The van der Waals surface area contributed by atoms with E-state index >= 15 is 0 Å². The molecule has 0 aliphatic carbocycles. The molecule has 1 aromatic carbocycles. The maximum absolute atomic E-state index is 14.3. The highest BCUT2D eigenvalue weighted by Crippen LogP contribution is 2.25. The Hall–Kier alpha value is -3.10. The average Bonchev–Trinajstić information content (AvgIpc) is 2.64. The third-order valence-electron chi connectivity index (χ3n) is 4.37. The van der Waals surface area contributed by atoms with Crippen LogP contribution >= 0.6 is 0 Å². The lowest BCUT2D eigenvalue weighted by Crippen LogP contribution is -2.41. The van der Waals surface area contributed by atoms with Crippen LogP contribution in [0.5, 0.6) is 5.88 Å². The van der Waals surface area contributed by atoms with Gasteiger partial charge in [-0.15, -0.1) is 0 Å². The van der Waals surface area contributed by atoms with Crippen LogP contribution in [0.4, 0.5) is 26.4 Å². The number of carboxylic acid groups (broad SMARTS) is 1. The number of carbonyl (C=O) groups is 1. The Morgan fingerprint density at radius 2 is 2.04 bits per heavy atom. The molecule has 2 heterocycles. The molecule has 1 aromatic heterocycles. The zero-order valence-corrected chi connectivity index (χ0v) is 15.2. The first-order valence-electron chi connectivity index (χ1n) is 8.63. The topological polar surface area (TPSA) is 90.8 Å². The van der Waals surface area contributed by atoms with Crippen molar-refractivity contribution in [3.63, 3.8) is 0 Å². The molecule has 0 atom stereocenters. The molecule has 1 fully saturated rings. The second-order valence-electron chi connectivity index (χ2n) is 6.51. The van der Waals surface area contributed by atoms with E-state index < -0.39 is 6.09 Å². The number of aromatic nitrogens is 2. The molecule has 1 amide bonds. The number of amides is 1. The molecule has 3 rings (SSSR count). The number of ether oxygens (including phenoxy) is 1. The quantitative estimate of drug-likeness (QED) is 0.830. The summed E-state index contributed by atoms with van der Waals surface area (Å²) in [6, 6.07) is 6.50. The Kier molecular flexibility index (Phi) is 5.58. The Balaban J connectivity index is 1.63. The largest absolute Gasteiger partial charge is 0.474 e. The van der Waals surface area contributed by atoms with Crippen LogP contribution in [0.25, 0.3) is 0 Å². The van der Waals surface area contributed by atoms with Gasteiger partial charge in [0.15, 0.2) is 0 Å². The fraction of sp³-hybridized carbons (Fsp3) is 0.389. The van der Waals surface area contributed by atoms with Crippen molar-refractivity contribution in [2.24, 2.45) is 0 Å². The summed E-state index contributed by atoms with van der Waals surface area (Å²) in [5.74, 6) is 0.398. The first-order chi connectivity index (χ1) is 12.9. The molecular weight excluding hydrogens is 353 g/mol. The zero-order chi connectivity index (χ0) is 19.4. The van der Waals surface area contributed by atoms with Gasteiger partial charge in [-0.2, -0.15) is 0 Å². The van der Waals surface area contributed by atoms with E-state index in [1.54, 1.807) is 18.2 Å². The predicted molar refractivity (Wildman–Crippen MR) is 99.3 cm³/mol. The second kappa shape index (κ2) is 8.07. The van der Waals surface area contributed by atoms with Gasteiger partial charge in [0.25, 0.3) is 0 Å². The van der Waals surface area contributed by atoms with Crippen molar-refractivity contribution < 1.29 is 19.0 Å². The van der Waals surface area contributed by atoms with Gasteiger partial charge in [-0.3, -0.25) is 0 Å². The van der Waals surface area contributed by atoms with Gasteiger partial charge >= 0.3 is 6.09 Å². The number of hydrogen-bond acceptors (Lipinski definition) is 6. The fourth-order valence-corrected chi connectivity index (χ4v) is 2.83. The summed E-state index contributed by atoms with van der Waals surface area (Å²) < 4.78 is 20.1. The molecule has 27 heavy (non-hydrogen) atoms. The molecule has 144 valence electrons. The minimum atomic E-state index is -0.913. The second-order valence-corrected chi connectivity index (χ2v) is 6.51. The van der Waals surface area contributed by atoms with Gasteiger partial charge in [0.05, 0.1) is 5.69 Å². The monoisotopic (exact) mass is 375 g/mol. The summed E-state index contributed by atoms with van der Waals surface area (Å²) in [4.78, 5) is 22.3. The molecule has 0 radical (unpaired) electrons. The van der Waals surface area contributed by atoms with Gasteiger partial charge in [0.2, 0.25) is 5.88 Å². The van der Waals surface area contributed by atoms with Crippen molar-refractivity contribution in [3.05, 3.63) is 36.4 Å². The highest BCUT2D eigenvalue weighted by Gasteiger charge is 2.23. The van der Waals surface area contributed by atoms with E-state index in [1.165, 1.54) is 17.3 Å². The normalized spacial score (nSPS) is 14.7. The van der Waals surface area contributed by atoms with E-state index in [2.05, 4.69) is 15.3 Å². The first-order valence-corrected chi connectivity index (χ1v) is 8.63. The molecule has 0 saturated carbocycles. The number of nitrogens with one attached hydrogen (secondary N) is 1. The van der Waals surface area contributed by atoms with Crippen molar-refractivity contribution in [3.8, 4) is 5.88 Å². The van der Waals surface area contributed by atoms with Crippen LogP contribution in [0.1, 0.15) is 12.8 Å². The summed E-state index contributed by atoms with van der Waals surface area (Å²) in [5.41, 5.74) is 1.07. The molecule has 9 heteroatoms. The van der Waals surface area contributed by atoms with Gasteiger partial charge in [-0.25, -0.2) is 19.2 Å². The number of piperidine rings is 1. The first kappa shape index (κ1) is 18.7. The van der Waals surface area contributed by atoms with Gasteiger partial charge in [0.1, 0.15) is 24.1 Å². The summed E-state index contributed by atoms with van der Waals surface area (Å²) in [6.45, 7) is 0.860. The van der Waals surface area contributed by atoms with E-state index in [4.69, 9.17) is 9.84 Å². The van der Waals surface area contributed by atoms with Crippen LogP contribution in [0, 0.1) is 5.82 Å². The molecule has 0 unspecified atom stereocenters. The van der Waals surface area contributed by atoms with Crippen LogP contribution in [0.3, 0.4) is 0 Å². The van der Waals surface area contributed by atoms with E-state index in [-0.39, 0.29) is 11.9 Å². The molecule has 1 saturated heterocycles. The third-order valence-corrected chi connectivity index (χ3v) is 4.37. The van der Waals surface area contributed by atoms with E-state index in [0.29, 0.717) is 43.3 Å². The molecule has 2 aromatic rings. The Bertz CT molecular complexity index is 809. The Morgan fingerprint density at radius 3 is 2.67 bits per heavy atom. The van der Waals surface area contributed by atoms with Crippen molar-refractivity contribution >= 4 is 23.3 Å².